The number of hydrogen-bond acceptors (Lipinski definition) is 1. The van der Waals surface area contributed by atoms with Gasteiger partial charge >= 0.3 is 0 Å². The fourth-order valence-electron chi connectivity index (χ4n) is 2.39. The van der Waals surface area contributed by atoms with Crippen LogP contribution in [0.25, 0.3) is 0 Å². The summed E-state index contributed by atoms with van der Waals surface area (Å²) < 4.78 is 0. The number of hydrogen-bond donors (Lipinski definition) is 0. The summed E-state index contributed by atoms with van der Waals surface area (Å²) in [6.07, 6.45) is 2.66. The largest absolute Gasteiger partial charge is 0.315 e. The molecule has 0 spiro atoms. The van der Waals surface area contributed by atoms with Crippen molar-refractivity contribution >= 4 is 11.6 Å². The van der Waals surface area contributed by atoms with E-state index in [1.165, 1.54) is 11.1 Å². The van der Waals surface area contributed by atoms with E-state index < -0.39 is 0 Å². The van der Waals surface area contributed by atoms with Crippen LogP contribution in [0.5, 0.6) is 0 Å². The van der Waals surface area contributed by atoms with E-state index in [9.17, 15) is 4.79 Å². The minimum atomic E-state index is 0.231. The summed E-state index contributed by atoms with van der Waals surface area (Å²) in [7, 11) is 1.87. The SMILES string of the molecule is CC(C)Cc1cccc2c1CCC(=O)N2C. The number of fused-ring (bicyclic) bond motifs is 1. The van der Waals surface area contributed by atoms with Crippen LogP contribution in [0.3, 0.4) is 0 Å². The van der Waals surface area contributed by atoms with Gasteiger partial charge in [-0.1, -0.05) is 26.0 Å². The molecular formula is C14H19NO. The molecule has 0 N–H and O–H groups in total. The van der Waals surface area contributed by atoms with Gasteiger partial charge in [0, 0.05) is 19.2 Å². The van der Waals surface area contributed by atoms with Gasteiger partial charge in [-0.25, -0.2) is 0 Å². The van der Waals surface area contributed by atoms with E-state index in [-0.39, 0.29) is 5.91 Å². The van der Waals surface area contributed by atoms with Gasteiger partial charge in [0.05, 0.1) is 0 Å². The van der Waals surface area contributed by atoms with E-state index in [1.54, 1.807) is 4.90 Å². The lowest BCUT2D eigenvalue weighted by Gasteiger charge is -2.27. The van der Waals surface area contributed by atoms with Gasteiger partial charge in [-0.3, -0.25) is 4.79 Å². The zero-order chi connectivity index (χ0) is 11.7. The molecule has 0 saturated carbocycles. The van der Waals surface area contributed by atoms with E-state index in [0.29, 0.717) is 12.3 Å². The number of carbonyl (C=O) groups is 1. The van der Waals surface area contributed by atoms with Crippen LogP contribution in [0.4, 0.5) is 5.69 Å². The Bertz CT molecular complexity index is 409. The highest BCUT2D eigenvalue weighted by Crippen LogP contribution is 2.30. The maximum absolute atomic E-state index is 11.6. The normalized spacial score (nSPS) is 15.5. The quantitative estimate of drug-likeness (QED) is 0.746. The summed E-state index contributed by atoms with van der Waals surface area (Å²) >= 11 is 0. The molecule has 0 unspecified atom stereocenters. The molecule has 16 heavy (non-hydrogen) atoms. The fourth-order valence-corrected chi connectivity index (χ4v) is 2.39. The lowest BCUT2D eigenvalue weighted by molar-refractivity contribution is -0.118. The highest BCUT2D eigenvalue weighted by molar-refractivity contribution is 5.96. The Morgan fingerprint density at radius 3 is 2.75 bits per heavy atom. The topological polar surface area (TPSA) is 20.3 Å². The molecule has 0 aromatic heterocycles. The molecule has 0 bridgehead atoms. The Kier molecular flexibility index (Phi) is 2.99. The number of nitrogens with zero attached hydrogens (tertiary/aromatic N) is 1. The van der Waals surface area contributed by atoms with E-state index in [2.05, 4.69) is 32.0 Å². The Hall–Kier alpha value is -1.31. The van der Waals surface area contributed by atoms with Gasteiger partial charge in [0.25, 0.3) is 0 Å². The first-order valence-electron chi connectivity index (χ1n) is 5.97. The molecule has 1 heterocycles. The molecule has 0 aliphatic carbocycles. The first kappa shape index (κ1) is 11.2. The highest BCUT2D eigenvalue weighted by Gasteiger charge is 2.22. The summed E-state index contributed by atoms with van der Waals surface area (Å²) in [5.74, 6) is 0.892. The number of benzene rings is 1. The Labute approximate surface area is 97.3 Å². The zero-order valence-electron chi connectivity index (χ0n) is 10.3. The summed E-state index contributed by atoms with van der Waals surface area (Å²) in [4.78, 5) is 13.4. The molecule has 2 rings (SSSR count). The molecule has 0 saturated heterocycles. The van der Waals surface area contributed by atoms with Crippen LogP contribution >= 0.6 is 0 Å². The van der Waals surface area contributed by atoms with Crippen LogP contribution in [0.2, 0.25) is 0 Å². The van der Waals surface area contributed by atoms with Gasteiger partial charge in [0.1, 0.15) is 0 Å². The fraction of sp³-hybridized carbons (Fsp3) is 0.500. The Morgan fingerprint density at radius 2 is 2.06 bits per heavy atom. The van der Waals surface area contributed by atoms with Crippen molar-refractivity contribution in [1.82, 2.24) is 0 Å². The van der Waals surface area contributed by atoms with Crippen LogP contribution in [-0.2, 0) is 17.6 Å². The number of anilines is 1. The van der Waals surface area contributed by atoms with Crippen molar-refractivity contribution < 1.29 is 4.79 Å². The third kappa shape index (κ3) is 1.97. The van der Waals surface area contributed by atoms with E-state index >= 15 is 0 Å². The lowest BCUT2D eigenvalue weighted by atomic mass is 9.91. The van der Waals surface area contributed by atoms with Gasteiger partial charge in [-0.2, -0.15) is 0 Å². The van der Waals surface area contributed by atoms with E-state index in [4.69, 9.17) is 0 Å². The maximum Gasteiger partial charge on any atom is 0.227 e. The van der Waals surface area contributed by atoms with Crippen LogP contribution in [-0.4, -0.2) is 13.0 Å². The molecule has 86 valence electrons. The number of amides is 1. The van der Waals surface area contributed by atoms with Crippen LogP contribution in [0, 0.1) is 5.92 Å². The van der Waals surface area contributed by atoms with Gasteiger partial charge in [-0.15, -0.1) is 0 Å². The summed E-state index contributed by atoms with van der Waals surface area (Å²) in [6.45, 7) is 4.47. The molecule has 0 atom stereocenters. The van der Waals surface area contributed by atoms with Gasteiger partial charge < -0.3 is 4.90 Å². The van der Waals surface area contributed by atoms with Crippen molar-refractivity contribution in [3.05, 3.63) is 29.3 Å². The first-order chi connectivity index (χ1) is 7.59. The summed E-state index contributed by atoms with van der Waals surface area (Å²) in [5, 5.41) is 0. The van der Waals surface area contributed by atoms with Crippen molar-refractivity contribution in [3.8, 4) is 0 Å². The van der Waals surface area contributed by atoms with Crippen LogP contribution < -0.4 is 4.90 Å². The predicted molar refractivity (Wildman–Crippen MR) is 66.7 cm³/mol. The van der Waals surface area contributed by atoms with E-state index in [1.807, 2.05) is 7.05 Å². The lowest BCUT2D eigenvalue weighted by Crippen LogP contribution is -2.31. The molecule has 2 heteroatoms. The van der Waals surface area contributed by atoms with Crippen molar-refractivity contribution in [2.45, 2.75) is 33.1 Å². The molecular weight excluding hydrogens is 198 g/mol. The number of rotatable bonds is 2. The third-order valence-electron chi connectivity index (χ3n) is 3.20. The van der Waals surface area contributed by atoms with Crippen molar-refractivity contribution in [2.24, 2.45) is 5.92 Å². The molecule has 1 amide bonds. The van der Waals surface area contributed by atoms with Crippen molar-refractivity contribution in [1.29, 1.82) is 0 Å². The van der Waals surface area contributed by atoms with Gasteiger partial charge in [0.15, 0.2) is 0 Å². The zero-order valence-corrected chi connectivity index (χ0v) is 10.3. The first-order valence-corrected chi connectivity index (χ1v) is 5.97. The predicted octanol–water partition coefficient (Wildman–Crippen LogP) is 2.79. The second kappa shape index (κ2) is 4.28. The average Bonchev–Trinajstić information content (AvgIpc) is 2.23. The van der Waals surface area contributed by atoms with Crippen molar-refractivity contribution in [2.75, 3.05) is 11.9 Å². The third-order valence-corrected chi connectivity index (χ3v) is 3.20. The second-order valence-corrected chi connectivity index (χ2v) is 4.97. The van der Waals surface area contributed by atoms with Gasteiger partial charge in [0.2, 0.25) is 5.91 Å². The highest BCUT2D eigenvalue weighted by atomic mass is 16.2. The smallest absolute Gasteiger partial charge is 0.227 e. The molecule has 0 fully saturated rings. The van der Waals surface area contributed by atoms with E-state index in [0.717, 1.165) is 18.5 Å². The van der Waals surface area contributed by atoms with Crippen LogP contribution in [0.1, 0.15) is 31.4 Å². The monoisotopic (exact) mass is 217 g/mol. The molecule has 1 aromatic carbocycles. The summed E-state index contributed by atoms with van der Waals surface area (Å²) in [5.41, 5.74) is 3.89. The maximum atomic E-state index is 11.6. The summed E-state index contributed by atoms with van der Waals surface area (Å²) in [6, 6.07) is 6.31. The van der Waals surface area contributed by atoms with Crippen LogP contribution in [0.15, 0.2) is 18.2 Å². The number of carbonyl (C=O) groups excluding carboxylic acids is 1. The van der Waals surface area contributed by atoms with Crippen molar-refractivity contribution in [3.63, 3.8) is 0 Å². The Morgan fingerprint density at radius 1 is 1.31 bits per heavy atom. The Balaban J connectivity index is 2.40. The standard InChI is InChI=1S/C14H19NO/c1-10(2)9-11-5-4-6-13-12(11)7-8-14(16)15(13)3/h4-6,10H,7-9H2,1-3H3. The second-order valence-electron chi connectivity index (χ2n) is 4.97. The molecule has 0 radical (unpaired) electrons. The van der Waals surface area contributed by atoms with Gasteiger partial charge in [-0.05, 0) is 36.0 Å². The molecule has 2 nitrogen and oxygen atoms in total. The molecule has 1 aliphatic rings. The molecule has 1 aliphatic heterocycles. The minimum Gasteiger partial charge on any atom is -0.315 e. The molecule has 1 aromatic rings. The minimum absolute atomic E-state index is 0.231. The average molecular weight is 217 g/mol.